The monoisotopic (exact) mass is 332 g/mol. The summed E-state index contributed by atoms with van der Waals surface area (Å²) in [6.45, 7) is 0. The Morgan fingerprint density at radius 3 is 2.21 bits per heavy atom. The fraction of sp³-hybridized carbons (Fsp3) is 0.167. The Kier molecular flexibility index (Phi) is 3.48. The fourth-order valence-corrected chi connectivity index (χ4v) is 2.05. The molecule has 12 heteroatoms. The number of H-pyrrole nitrogens is 4. The Balaban J connectivity index is 0.000000141. The van der Waals surface area contributed by atoms with Crippen LogP contribution in [0.5, 0.6) is 0 Å². The average molecular weight is 332 g/mol. The van der Waals surface area contributed by atoms with Crippen molar-refractivity contribution in [2.45, 2.75) is 0 Å². The highest BCUT2D eigenvalue weighted by molar-refractivity contribution is 5.68. The van der Waals surface area contributed by atoms with E-state index in [9.17, 15) is 19.2 Å². The quantitative estimate of drug-likeness (QED) is 0.288. The summed E-state index contributed by atoms with van der Waals surface area (Å²) in [4.78, 5) is 61.8. The maximum absolute atomic E-state index is 11.3. The first-order valence-electron chi connectivity index (χ1n) is 6.65. The van der Waals surface area contributed by atoms with Crippen LogP contribution in [0.4, 0.5) is 0 Å². The first-order chi connectivity index (χ1) is 11.4. The van der Waals surface area contributed by atoms with E-state index in [1.54, 1.807) is 7.05 Å². The van der Waals surface area contributed by atoms with Crippen molar-refractivity contribution in [2.75, 3.05) is 0 Å². The van der Waals surface area contributed by atoms with Crippen LogP contribution in [0, 0.1) is 0 Å². The topological polar surface area (TPSA) is 167 Å². The molecule has 24 heavy (non-hydrogen) atoms. The van der Waals surface area contributed by atoms with Gasteiger partial charge in [-0.05, 0) is 0 Å². The Hall–Kier alpha value is -3.70. The maximum Gasteiger partial charge on any atom is 0.329 e. The zero-order valence-electron chi connectivity index (χ0n) is 12.6. The van der Waals surface area contributed by atoms with Crippen LogP contribution in [-0.2, 0) is 14.1 Å². The number of aromatic nitrogens is 8. The predicted molar refractivity (Wildman–Crippen MR) is 83.9 cm³/mol. The van der Waals surface area contributed by atoms with Gasteiger partial charge in [0.05, 0.1) is 12.7 Å². The molecule has 0 fully saturated rings. The molecule has 0 aromatic carbocycles. The molecule has 0 saturated carbocycles. The van der Waals surface area contributed by atoms with E-state index in [0.717, 1.165) is 4.57 Å². The molecule has 0 aliphatic carbocycles. The standard InChI is InChI=1S/2C6H6N4O2/c1-10-4-3(7-2-8-4)5(11)9-6(10)12;1-10-5(11)3-4(8-2-7-3)9-6(10)12/h2H,1H3,(H,7,8)(H,9,11,12);2H,1H3,(H,7,8)(H,9,12). The average Bonchev–Trinajstić information content (AvgIpc) is 3.20. The van der Waals surface area contributed by atoms with Crippen molar-refractivity contribution in [3.8, 4) is 0 Å². The van der Waals surface area contributed by atoms with Gasteiger partial charge in [0.2, 0.25) is 0 Å². The Bertz CT molecular complexity index is 1260. The minimum atomic E-state index is -0.459. The van der Waals surface area contributed by atoms with Crippen LogP contribution in [0.3, 0.4) is 0 Å². The van der Waals surface area contributed by atoms with Crippen LogP contribution in [0.2, 0.25) is 0 Å². The van der Waals surface area contributed by atoms with Crippen LogP contribution < -0.4 is 22.5 Å². The SMILES string of the molecule is Cn1c(=O)[nH]c(=O)c2[nH]cnc21.Cn1c(=O)[nH]c2nc[nH]c2c1=O. The summed E-state index contributed by atoms with van der Waals surface area (Å²) in [6, 6.07) is 0. The van der Waals surface area contributed by atoms with Gasteiger partial charge in [0.1, 0.15) is 11.0 Å². The maximum atomic E-state index is 11.3. The van der Waals surface area contributed by atoms with E-state index in [1.165, 1.54) is 24.3 Å². The molecule has 4 rings (SSSR count). The minimum absolute atomic E-state index is 0.295. The lowest BCUT2D eigenvalue weighted by Gasteiger charge is -1.94. The summed E-state index contributed by atoms with van der Waals surface area (Å²) >= 11 is 0. The zero-order valence-corrected chi connectivity index (χ0v) is 12.6. The second-order valence-electron chi connectivity index (χ2n) is 4.84. The molecule has 0 bridgehead atoms. The van der Waals surface area contributed by atoms with Crippen molar-refractivity contribution in [3.05, 3.63) is 54.3 Å². The first kappa shape index (κ1) is 15.2. The smallest absolute Gasteiger partial charge is 0.329 e. The number of imidazole rings is 2. The highest BCUT2D eigenvalue weighted by atomic mass is 16.2. The van der Waals surface area contributed by atoms with Crippen LogP contribution in [0.1, 0.15) is 0 Å². The summed E-state index contributed by atoms with van der Waals surface area (Å²) in [6.07, 6.45) is 2.74. The number of hydrogen-bond donors (Lipinski definition) is 4. The number of fused-ring (bicyclic) bond motifs is 2. The van der Waals surface area contributed by atoms with E-state index >= 15 is 0 Å². The molecule has 0 unspecified atom stereocenters. The van der Waals surface area contributed by atoms with Crippen molar-refractivity contribution < 1.29 is 0 Å². The van der Waals surface area contributed by atoms with E-state index < -0.39 is 16.9 Å². The molecule has 0 spiro atoms. The molecule has 0 atom stereocenters. The number of nitrogens with one attached hydrogen (secondary N) is 4. The lowest BCUT2D eigenvalue weighted by atomic mass is 10.5. The highest BCUT2D eigenvalue weighted by Gasteiger charge is 2.05. The zero-order chi connectivity index (χ0) is 17.4. The fourth-order valence-electron chi connectivity index (χ4n) is 2.05. The van der Waals surface area contributed by atoms with Crippen molar-refractivity contribution in [1.29, 1.82) is 0 Å². The van der Waals surface area contributed by atoms with Gasteiger partial charge in [-0.1, -0.05) is 0 Å². The summed E-state index contributed by atoms with van der Waals surface area (Å²) in [5.41, 5.74) is -0.433. The summed E-state index contributed by atoms with van der Waals surface area (Å²) in [5, 5.41) is 0. The van der Waals surface area contributed by atoms with Crippen LogP contribution >= 0.6 is 0 Å². The van der Waals surface area contributed by atoms with Crippen LogP contribution in [0.15, 0.2) is 31.8 Å². The summed E-state index contributed by atoms with van der Waals surface area (Å²) in [7, 11) is 2.95. The van der Waals surface area contributed by atoms with Crippen molar-refractivity contribution in [3.63, 3.8) is 0 Å². The van der Waals surface area contributed by atoms with Gasteiger partial charge in [0, 0.05) is 14.1 Å². The number of rotatable bonds is 0. The molecule has 0 aliphatic heterocycles. The first-order valence-corrected chi connectivity index (χ1v) is 6.65. The van der Waals surface area contributed by atoms with E-state index in [-0.39, 0.29) is 5.56 Å². The molecule has 0 radical (unpaired) electrons. The van der Waals surface area contributed by atoms with E-state index in [4.69, 9.17) is 0 Å². The third-order valence-corrected chi connectivity index (χ3v) is 3.38. The lowest BCUT2D eigenvalue weighted by molar-refractivity contribution is 0.790. The molecular weight excluding hydrogens is 320 g/mol. The van der Waals surface area contributed by atoms with Crippen molar-refractivity contribution >= 4 is 22.3 Å². The van der Waals surface area contributed by atoms with Gasteiger partial charge >= 0.3 is 11.4 Å². The van der Waals surface area contributed by atoms with Crippen LogP contribution in [-0.4, -0.2) is 39.0 Å². The molecule has 0 amide bonds. The second kappa shape index (κ2) is 5.49. The van der Waals surface area contributed by atoms with Crippen molar-refractivity contribution in [2.24, 2.45) is 14.1 Å². The lowest BCUT2D eigenvalue weighted by Crippen LogP contribution is -2.32. The molecular formula is C12H12N8O4. The molecule has 12 nitrogen and oxygen atoms in total. The molecule has 4 heterocycles. The Morgan fingerprint density at radius 2 is 1.46 bits per heavy atom. The molecule has 124 valence electrons. The second-order valence-corrected chi connectivity index (χ2v) is 4.84. The van der Waals surface area contributed by atoms with Gasteiger partial charge in [-0.15, -0.1) is 0 Å². The third kappa shape index (κ3) is 2.35. The molecule has 4 aromatic rings. The third-order valence-electron chi connectivity index (χ3n) is 3.38. The van der Waals surface area contributed by atoms with Crippen LogP contribution in [0.25, 0.3) is 22.3 Å². The molecule has 0 saturated heterocycles. The van der Waals surface area contributed by atoms with E-state index in [0.29, 0.717) is 22.3 Å². The Morgan fingerprint density at radius 1 is 0.833 bits per heavy atom. The molecule has 4 N–H and O–H groups in total. The number of aromatic amines is 4. The largest absolute Gasteiger partial charge is 0.339 e. The predicted octanol–water partition coefficient (Wildman–Crippen LogP) is -2.10. The molecule has 0 aliphatic rings. The normalized spacial score (nSPS) is 10.8. The van der Waals surface area contributed by atoms with Gasteiger partial charge in [0.25, 0.3) is 11.1 Å². The summed E-state index contributed by atoms with van der Waals surface area (Å²) in [5.74, 6) is 0. The van der Waals surface area contributed by atoms with Gasteiger partial charge in [-0.25, -0.2) is 19.6 Å². The summed E-state index contributed by atoms with van der Waals surface area (Å²) < 4.78 is 2.26. The van der Waals surface area contributed by atoms with Crippen molar-refractivity contribution in [1.82, 2.24) is 39.0 Å². The molecule has 4 aromatic heterocycles. The van der Waals surface area contributed by atoms with E-state index in [1.807, 2.05) is 0 Å². The number of nitrogens with zero attached hydrogens (tertiary/aromatic N) is 4. The number of hydrogen-bond acceptors (Lipinski definition) is 6. The van der Waals surface area contributed by atoms with Gasteiger partial charge in [-0.2, -0.15) is 0 Å². The Labute approximate surface area is 130 Å². The van der Waals surface area contributed by atoms with Gasteiger partial charge in [-0.3, -0.25) is 28.7 Å². The van der Waals surface area contributed by atoms with Gasteiger partial charge in [0.15, 0.2) is 11.3 Å². The van der Waals surface area contributed by atoms with E-state index in [2.05, 4.69) is 29.9 Å². The number of aryl methyl sites for hydroxylation is 1. The minimum Gasteiger partial charge on any atom is -0.339 e. The van der Waals surface area contributed by atoms with Gasteiger partial charge < -0.3 is 9.97 Å². The highest BCUT2D eigenvalue weighted by Crippen LogP contribution is 1.96.